The Labute approximate surface area is 213 Å². The van der Waals surface area contributed by atoms with Crippen molar-refractivity contribution < 1.29 is 14.3 Å². The van der Waals surface area contributed by atoms with Gasteiger partial charge in [0.1, 0.15) is 0 Å². The lowest BCUT2D eigenvalue weighted by molar-refractivity contribution is -0.118. The van der Waals surface area contributed by atoms with Crippen molar-refractivity contribution in [2.45, 2.75) is 43.3 Å². The van der Waals surface area contributed by atoms with E-state index in [4.69, 9.17) is 11.6 Å². The fourth-order valence-corrected chi connectivity index (χ4v) is 4.93. The van der Waals surface area contributed by atoms with Crippen molar-refractivity contribution >= 4 is 41.5 Å². The van der Waals surface area contributed by atoms with Crippen LogP contribution in [0.2, 0.25) is 5.02 Å². The zero-order valence-electron chi connectivity index (χ0n) is 19.3. The summed E-state index contributed by atoms with van der Waals surface area (Å²) in [6.07, 6.45) is 7.23. The predicted molar refractivity (Wildman–Crippen MR) is 137 cm³/mol. The Balaban J connectivity index is 1.40. The number of methoxy groups -OCH3 is 1. The number of halogens is 1. The molecule has 1 amide bonds. The average Bonchev–Trinajstić information content (AvgIpc) is 3.32. The number of hydrogen-bond donors (Lipinski definition) is 1. The molecule has 1 aromatic heterocycles. The summed E-state index contributed by atoms with van der Waals surface area (Å²) in [7, 11) is 1.33. The first kappa shape index (κ1) is 24.9. The normalized spacial score (nSPS) is 14.2. The number of rotatable bonds is 8. The minimum absolute atomic E-state index is 0.157. The molecule has 3 aromatic rings. The van der Waals surface area contributed by atoms with Gasteiger partial charge in [-0.1, -0.05) is 54.8 Å². The second-order valence-electron chi connectivity index (χ2n) is 8.17. The number of thioether (sulfide) groups is 1. The van der Waals surface area contributed by atoms with Gasteiger partial charge in [0.05, 0.1) is 24.6 Å². The van der Waals surface area contributed by atoms with Crippen LogP contribution in [-0.2, 0) is 9.53 Å². The summed E-state index contributed by atoms with van der Waals surface area (Å²) in [4.78, 5) is 23.9. The van der Waals surface area contributed by atoms with E-state index in [1.165, 1.54) is 44.3 Å². The van der Waals surface area contributed by atoms with E-state index in [0.717, 1.165) is 34.9 Å². The first-order valence-corrected chi connectivity index (χ1v) is 12.8. The lowest BCUT2D eigenvalue weighted by Gasteiger charge is -2.25. The Kier molecular flexibility index (Phi) is 8.54. The molecule has 1 heterocycles. The molecule has 1 fully saturated rings. The molecule has 2 aromatic carbocycles. The molecular formula is C25H26ClN5O3S. The summed E-state index contributed by atoms with van der Waals surface area (Å²) < 4.78 is 6.85. The van der Waals surface area contributed by atoms with E-state index in [0.29, 0.717) is 16.6 Å². The van der Waals surface area contributed by atoms with Crippen LogP contribution in [0.15, 0.2) is 58.8 Å². The predicted octanol–water partition coefficient (Wildman–Crippen LogP) is 5.13. The quantitative estimate of drug-likeness (QED) is 0.195. The summed E-state index contributed by atoms with van der Waals surface area (Å²) >= 11 is 7.41. The van der Waals surface area contributed by atoms with E-state index in [-0.39, 0.29) is 11.7 Å². The number of carbonyl (C=O) groups excluding carboxylic acids is 2. The standard InChI is InChI=1S/C25H26ClN5O3S/c1-34-24(33)19-9-7-17(8-10-19)15-27-28-22(32)16-35-25-30-29-23(18-11-13-20(26)14-12-18)31(25)21-5-3-2-4-6-21/h7-15,21H,2-6,16H2,1H3,(H,28,32)/b27-15-. The van der Waals surface area contributed by atoms with Gasteiger partial charge in [-0.3, -0.25) is 9.36 Å². The number of amides is 1. The van der Waals surface area contributed by atoms with Crippen LogP contribution in [0.1, 0.15) is 54.1 Å². The maximum atomic E-state index is 12.4. The molecule has 10 heteroatoms. The third-order valence-electron chi connectivity index (χ3n) is 5.77. The zero-order chi connectivity index (χ0) is 24.6. The van der Waals surface area contributed by atoms with Crippen LogP contribution in [-0.4, -0.2) is 45.7 Å². The number of aromatic nitrogens is 3. The number of esters is 1. The van der Waals surface area contributed by atoms with Crippen molar-refractivity contribution in [3.05, 3.63) is 64.7 Å². The van der Waals surface area contributed by atoms with Crippen molar-refractivity contribution in [3.63, 3.8) is 0 Å². The Morgan fingerprint density at radius 1 is 1.11 bits per heavy atom. The molecule has 1 N–H and O–H groups in total. The Morgan fingerprint density at radius 3 is 2.51 bits per heavy atom. The first-order chi connectivity index (χ1) is 17.0. The lowest BCUT2D eigenvalue weighted by Crippen LogP contribution is -2.20. The van der Waals surface area contributed by atoms with Gasteiger partial charge in [-0.25, -0.2) is 10.2 Å². The number of nitrogens with zero attached hydrogens (tertiary/aromatic N) is 4. The van der Waals surface area contributed by atoms with Gasteiger partial charge in [0.25, 0.3) is 5.91 Å². The van der Waals surface area contributed by atoms with Crippen molar-refractivity contribution in [2.24, 2.45) is 5.10 Å². The van der Waals surface area contributed by atoms with Gasteiger partial charge in [0, 0.05) is 16.6 Å². The molecule has 0 radical (unpaired) electrons. The maximum Gasteiger partial charge on any atom is 0.337 e. The minimum atomic E-state index is -0.404. The molecule has 0 spiro atoms. The van der Waals surface area contributed by atoms with E-state index in [1.807, 2.05) is 24.3 Å². The van der Waals surface area contributed by atoms with Crippen molar-refractivity contribution in [1.82, 2.24) is 20.2 Å². The van der Waals surface area contributed by atoms with Crippen LogP contribution in [0.25, 0.3) is 11.4 Å². The van der Waals surface area contributed by atoms with Crippen molar-refractivity contribution in [1.29, 1.82) is 0 Å². The molecule has 0 atom stereocenters. The largest absolute Gasteiger partial charge is 0.465 e. The third-order valence-corrected chi connectivity index (χ3v) is 6.97. The molecule has 1 aliphatic carbocycles. The summed E-state index contributed by atoms with van der Waals surface area (Å²) in [5, 5.41) is 14.3. The van der Waals surface area contributed by atoms with Crippen LogP contribution in [0.3, 0.4) is 0 Å². The molecule has 0 aliphatic heterocycles. The number of benzene rings is 2. The van der Waals surface area contributed by atoms with E-state index in [2.05, 4.69) is 30.0 Å². The fraction of sp³-hybridized carbons (Fsp3) is 0.320. The first-order valence-electron chi connectivity index (χ1n) is 11.4. The van der Waals surface area contributed by atoms with Crippen LogP contribution in [0, 0.1) is 0 Å². The highest BCUT2D eigenvalue weighted by atomic mass is 35.5. The number of hydrazone groups is 1. The Morgan fingerprint density at radius 2 is 1.83 bits per heavy atom. The minimum Gasteiger partial charge on any atom is -0.465 e. The molecule has 35 heavy (non-hydrogen) atoms. The Hall–Kier alpha value is -3.17. The lowest BCUT2D eigenvalue weighted by atomic mass is 9.95. The van der Waals surface area contributed by atoms with Gasteiger partial charge in [-0.2, -0.15) is 5.10 Å². The summed E-state index contributed by atoms with van der Waals surface area (Å²) in [6, 6.07) is 14.6. The molecule has 1 saturated carbocycles. The molecule has 0 saturated heterocycles. The van der Waals surface area contributed by atoms with E-state index in [1.54, 1.807) is 24.3 Å². The summed E-state index contributed by atoms with van der Waals surface area (Å²) in [5.41, 5.74) is 4.68. The van der Waals surface area contributed by atoms with E-state index in [9.17, 15) is 9.59 Å². The van der Waals surface area contributed by atoms with Gasteiger partial charge in [-0.15, -0.1) is 10.2 Å². The van der Waals surface area contributed by atoms with Crippen LogP contribution in [0.5, 0.6) is 0 Å². The average molecular weight is 512 g/mol. The topological polar surface area (TPSA) is 98.5 Å². The highest BCUT2D eigenvalue weighted by Crippen LogP contribution is 2.35. The SMILES string of the molecule is COC(=O)c1ccc(/C=N\NC(=O)CSc2nnc(-c3ccc(Cl)cc3)n2C2CCCCC2)cc1. The maximum absolute atomic E-state index is 12.4. The molecule has 8 nitrogen and oxygen atoms in total. The second-order valence-corrected chi connectivity index (χ2v) is 9.55. The third kappa shape index (κ3) is 6.49. The van der Waals surface area contributed by atoms with Gasteiger partial charge in [-0.05, 0) is 54.8 Å². The molecule has 1 aliphatic rings. The zero-order valence-corrected chi connectivity index (χ0v) is 20.9. The van der Waals surface area contributed by atoms with E-state index < -0.39 is 5.97 Å². The van der Waals surface area contributed by atoms with Gasteiger partial charge >= 0.3 is 5.97 Å². The highest BCUT2D eigenvalue weighted by Gasteiger charge is 2.24. The highest BCUT2D eigenvalue weighted by molar-refractivity contribution is 7.99. The van der Waals surface area contributed by atoms with Crippen LogP contribution in [0.4, 0.5) is 0 Å². The van der Waals surface area contributed by atoms with Crippen LogP contribution < -0.4 is 5.43 Å². The number of carbonyl (C=O) groups is 2. The van der Waals surface area contributed by atoms with Gasteiger partial charge in [0.2, 0.25) is 0 Å². The van der Waals surface area contributed by atoms with Crippen molar-refractivity contribution in [3.8, 4) is 11.4 Å². The van der Waals surface area contributed by atoms with Gasteiger partial charge in [0.15, 0.2) is 11.0 Å². The van der Waals surface area contributed by atoms with Gasteiger partial charge < -0.3 is 4.74 Å². The number of hydrogen-bond acceptors (Lipinski definition) is 7. The molecular weight excluding hydrogens is 486 g/mol. The van der Waals surface area contributed by atoms with E-state index >= 15 is 0 Å². The summed E-state index contributed by atoms with van der Waals surface area (Å²) in [6.45, 7) is 0. The fourth-order valence-electron chi connectivity index (χ4n) is 4.00. The summed E-state index contributed by atoms with van der Waals surface area (Å²) in [5.74, 6) is 0.303. The Bertz CT molecular complexity index is 1190. The molecule has 4 rings (SSSR count). The monoisotopic (exact) mass is 511 g/mol. The molecule has 0 bridgehead atoms. The number of ether oxygens (including phenoxy) is 1. The number of nitrogens with one attached hydrogen (secondary N) is 1. The molecule has 182 valence electrons. The smallest absolute Gasteiger partial charge is 0.337 e. The van der Waals surface area contributed by atoms with Crippen LogP contribution >= 0.6 is 23.4 Å². The molecule has 0 unspecified atom stereocenters. The second kappa shape index (κ2) is 12.0. The van der Waals surface area contributed by atoms with Crippen molar-refractivity contribution in [2.75, 3.05) is 12.9 Å².